The highest BCUT2D eigenvalue weighted by molar-refractivity contribution is 9.10. The third-order valence-electron chi connectivity index (χ3n) is 4.08. The van der Waals surface area contributed by atoms with E-state index < -0.39 is 5.82 Å². The summed E-state index contributed by atoms with van der Waals surface area (Å²) < 4.78 is 16.4. The summed E-state index contributed by atoms with van der Waals surface area (Å²) in [6, 6.07) is 10.6. The van der Waals surface area contributed by atoms with Gasteiger partial charge in [0.1, 0.15) is 11.6 Å². The number of halogens is 2. The summed E-state index contributed by atoms with van der Waals surface area (Å²) in [6.45, 7) is 5.97. The van der Waals surface area contributed by atoms with Crippen molar-refractivity contribution in [2.45, 2.75) is 25.9 Å². The van der Waals surface area contributed by atoms with Gasteiger partial charge in [-0.2, -0.15) is 0 Å². The molecule has 8 heteroatoms. The van der Waals surface area contributed by atoms with E-state index in [0.29, 0.717) is 9.63 Å². The average Bonchev–Trinajstić information content (AvgIpc) is 2.99. The van der Waals surface area contributed by atoms with Gasteiger partial charge in [-0.15, -0.1) is 10.2 Å². The molecule has 0 aliphatic heterocycles. The Hall–Kier alpha value is -2.19. The normalized spacial score (nSPS) is 10.9. The Morgan fingerprint density at radius 3 is 2.63 bits per heavy atom. The summed E-state index contributed by atoms with van der Waals surface area (Å²) in [7, 11) is 0. The fraction of sp³-hybridized carbons (Fsp3) is 0.211. The van der Waals surface area contributed by atoms with E-state index in [1.807, 2.05) is 30.5 Å². The highest BCUT2D eigenvalue weighted by Gasteiger charge is 2.15. The molecule has 0 atom stereocenters. The van der Waals surface area contributed by atoms with Gasteiger partial charge in [0, 0.05) is 10.2 Å². The van der Waals surface area contributed by atoms with Crippen molar-refractivity contribution in [2.24, 2.45) is 0 Å². The molecule has 140 valence electrons. The second-order valence-corrected chi connectivity index (χ2v) is 7.95. The van der Waals surface area contributed by atoms with E-state index in [2.05, 4.69) is 44.4 Å². The molecule has 1 amide bonds. The predicted octanol–water partition coefficient (Wildman–Crippen LogP) is 4.82. The minimum absolute atomic E-state index is 0.0957. The molecule has 1 N–H and O–H groups in total. The number of benzene rings is 2. The van der Waals surface area contributed by atoms with Gasteiger partial charge >= 0.3 is 0 Å². The van der Waals surface area contributed by atoms with Crippen molar-refractivity contribution in [1.29, 1.82) is 0 Å². The lowest BCUT2D eigenvalue weighted by molar-refractivity contribution is -0.113. The Morgan fingerprint density at radius 1 is 1.15 bits per heavy atom. The Bertz CT molecular complexity index is 1010. The van der Waals surface area contributed by atoms with Gasteiger partial charge in [0.2, 0.25) is 5.91 Å². The third-order valence-corrected chi connectivity index (χ3v) is 5.50. The molecule has 0 spiro atoms. The van der Waals surface area contributed by atoms with E-state index >= 15 is 0 Å². The van der Waals surface area contributed by atoms with Crippen LogP contribution in [0.1, 0.15) is 17.0 Å². The Kier molecular flexibility index (Phi) is 5.96. The van der Waals surface area contributed by atoms with E-state index in [0.717, 1.165) is 11.5 Å². The van der Waals surface area contributed by atoms with Crippen LogP contribution in [0, 0.1) is 26.6 Å². The second kappa shape index (κ2) is 8.22. The van der Waals surface area contributed by atoms with E-state index in [1.54, 1.807) is 6.07 Å². The van der Waals surface area contributed by atoms with Crippen LogP contribution in [-0.2, 0) is 4.79 Å². The largest absolute Gasteiger partial charge is 0.323 e. The van der Waals surface area contributed by atoms with Crippen LogP contribution in [0.5, 0.6) is 0 Å². The van der Waals surface area contributed by atoms with Gasteiger partial charge in [0.15, 0.2) is 5.16 Å². The molecule has 0 saturated heterocycles. The van der Waals surface area contributed by atoms with Gasteiger partial charge in [0.25, 0.3) is 0 Å². The van der Waals surface area contributed by atoms with E-state index in [-0.39, 0.29) is 17.3 Å². The Balaban J connectivity index is 1.73. The van der Waals surface area contributed by atoms with Crippen molar-refractivity contribution in [3.05, 3.63) is 63.6 Å². The van der Waals surface area contributed by atoms with E-state index in [4.69, 9.17) is 0 Å². The Morgan fingerprint density at radius 2 is 1.93 bits per heavy atom. The van der Waals surface area contributed by atoms with Crippen LogP contribution in [0.25, 0.3) is 5.69 Å². The molecular weight excluding hydrogens is 431 g/mol. The van der Waals surface area contributed by atoms with E-state index in [9.17, 15) is 9.18 Å². The number of nitrogens with zero attached hydrogens (tertiary/aromatic N) is 3. The topological polar surface area (TPSA) is 59.8 Å². The monoisotopic (exact) mass is 448 g/mol. The van der Waals surface area contributed by atoms with Crippen LogP contribution < -0.4 is 5.32 Å². The molecule has 3 rings (SSSR count). The SMILES string of the molecule is Cc1ccc(-n2c(C)nnc2SCC(=O)Nc2ccc(Br)cc2F)cc1C. The van der Waals surface area contributed by atoms with Crippen LogP contribution in [0.3, 0.4) is 0 Å². The summed E-state index contributed by atoms with van der Waals surface area (Å²) >= 11 is 4.45. The Labute approximate surface area is 169 Å². The first kappa shape index (κ1) is 19.6. The quantitative estimate of drug-likeness (QED) is 0.568. The number of thioether (sulfide) groups is 1. The highest BCUT2D eigenvalue weighted by Crippen LogP contribution is 2.24. The number of aryl methyl sites for hydroxylation is 3. The number of aromatic nitrogens is 3. The number of rotatable bonds is 5. The van der Waals surface area contributed by atoms with Crippen molar-refractivity contribution < 1.29 is 9.18 Å². The lowest BCUT2D eigenvalue weighted by Crippen LogP contribution is -2.15. The van der Waals surface area contributed by atoms with Gasteiger partial charge in [-0.3, -0.25) is 9.36 Å². The van der Waals surface area contributed by atoms with Gasteiger partial charge in [-0.05, 0) is 62.2 Å². The summed E-state index contributed by atoms with van der Waals surface area (Å²) in [5, 5.41) is 11.5. The van der Waals surface area contributed by atoms with Crippen molar-refractivity contribution in [3.63, 3.8) is 0 Å². The fourth-order valence-corrected chi connectivity index (χ4v) is 3.64. The molecule has 1 heterocycles. The van der Waals surface area contributed by atoms with Crippen LogP contribution >= 0.6 is 27.7 Å². The lowest BCUT2D eigenvalue weighted by atomic mass is 10.1. The molecule has 27 heavy (non-hydrogen) atoms. The molecule has 3 aromatic rings. The molecule has 0 bridgehead atoms. The summed E-state index contributed by atoms with van der Waals surface area (Å²) in [5.74, 6) is 0.0314. The van der Waals surface area contributed by atoms with Crippen LogP contribution in [0.2, 0.25) is 0 Å². The highest BCUT2D eigenvalue weighted by atomic mass is 79.9. The summed E-state index contributed by atoms with van der Waals surface area (Å²) in [4.78, 5) is 12.2. The molecule has 0 aliphatic rings. The molecule has 0 aliphatic carbocycles. The predicted molar refractivity (Wildman–Crippen MR) is 109 cm³/mol. The van der Waals surface area contributed by atoms with Crippen LogP contribution in [-0.4, -0.2) is 26.4 Å². The molecular formula is C19H18BrFN4OS. The molecule has 0 unspecified atom stereocenters. The first-order valence-corrected chi connectivity index (χ1v) is 10.0. The fourth-order valence-electron chi connectivity index (χ4n) is 2.51. The molecule has 0 radical (unpaired) electrons. The number of nitrogens with one attached hydrogen (secondary N) is 1. The zero-order chi connectivity index (χ0) is 19.6. The van der Waals surface area contributed by atoms with Crippen LogP contribution in [0.15, 0.2) is 46.0 Å². The number of carbonyl (C=O) groups excluding carboxylic acids is 1. The standard InChI is InChI=1S/C19H18BrFN4OS/c1-11-4-6-15(8-12(11)2)25-13(3)23-24-19(25)27-10-18(26)22-17-7-5-14(20)9-16(17)21/h4-9H,10H2,1-3H3,(H,22,26). The second-order valence-electron chi connectivity index (χ2n) is 6.09. The molecule has 5 nitrogen and oxygen atoms in total. The average molecular weight is 449 g/mol. The van der Waals surface area contributed by atoms with Gasteiger partial charge < -0.3 is 5.32 Å². The maximum atomic E-state index is 13.9. The zero-order valence-electron chi connectivity index (χ0n) is 15.1. The smallest absolute Gasteiger partial charge is 0.234 e. The first-order chi connectivity index (χ1) is 12.8. The van der Waals surface area contributed by atoms with Gasteiger partial charge in [0.05, 0.1) is 11.4 Å². The number of anilines is 1. The van der Waals surface area contributed by atoms with Gasteiger partial charge in [-0.1, -0.05) is 33.8 Å². The van der Waals surface area contributed by atoms with Crippen molar-refractivity contribution in [3.8, 4) is 5.69 Å². The maximum absolute atomic E-state index is 13.9. The minimum Gasteiger partial charge on any atom is -0.323 e. The van der Waals surface area contributed by atoms with Crippen LogP contribution in [0.4, 0.5) is 10.1 Å². The van der Waals surface area contributed by atoms with Crippen molar-refractivity contribution in [1.82, 2.24) is 14.8 Å². The number of hydrogen-bond donors (Lipinski definition) is 1. The summed E-state index contributed by atoms with van der Waals surface area (Å²) in [5.41, 5.74) is 3.47. The molecule has 0 fully saturated rings. The van der Waals surface area contributed by atoms with E-state index in [1.165, 1.54) is 35.0 Å². The van der Waals surface area contributed by atoms with Gasteiger partial charge in [-0.25, -0.2) is 4.39 Å². The maximum Gasteiger partial charge on any atom is 0.234 e. The number of hydrogen-bond acceptors (Lipinski definition) is 4. The first-order valence-electron chi connectivity index (χ1n) is 8.22. The third kappa shape index (κ3) is 4.56. The molecule has 2 aromatic carbocycles. The number of amides is 1. The molecule has 0 saturated carbocycles. The molecule has 1 aromatic heterocycles. The summed E-state index contributed by atoms with van der Waals surface area (Å²) in [6.07, 6.45) is 0. The minimum atomic E-state index is -0.489. The van der Waals surface area contributed by atoms with Crippen molar-refractivity contribution >= 4 is 39.3 Å². The lowest BCUT2D eigenvalue weighted by Gasteiger charge is -2.11. The van der Waals surface area contributed by atoms with Crippen molar-refractivity contribution in [2.75, 3.05) is 11.1 Å². The zero-order valence-corrected chi connectivity index (χ0v) is 17.5. The number of carbonyl (C=O) groups is 1.